The van der Waals surface area contributed by atoms with Crippen LogP contribution in [0.4, 0.5) is 0 Å². The van der Waals surface area contributed by atoms with Crippen molar-refractivity contribution >= 4 is 33.2 Å². The van der Waals surface area contributed by atoms with Crippen LogP contribution in [0.25, 0.3) is 10.1 Å². The fourth-order valence-electron chi connectivity index (χ4n) is 2.76. The summed E-state index contributed by atoms with van der Waals surface area (Å²) in [4.78, 5) is 24.3. The lowest BCUT2D eigenvalue weighted by atomic mass is 9.96. The number of thiophene rings is 1. The van der Waals surface area contributed by atoms with Crippen molar-refractivity contribution < 1.29 is 24.2 Å². The number of ether oxygens (including phenoxy) is 2. The van der Waals surface area contributed by atoms with Gasteiger partial charge < -0.3 is 14.6 Å². The van der Waals surface area contributed by atoms with Gasteiger partial charge in [0.1, 0.15) is 0 Å². The van der Waals surface area contributed by atoms with Gasteiger partial charge in [0.05, 0.1) is 25.0 Å². The monoisotopic (exact) mass is 334 g/mol. The number of methoxy groups -OCH3 is 2. The number of benzene rings is 1. The molecular weight excluding hydrogens is 316 g/mol. The average molecular weight is 334 g/mol. The summed E-state index contributed by atoms with van der Waals surface area (Å²) < 4.78 is 11.5. The topological polar surface area (TPSA) is 72.8 Å². The van der Waals surface area contributed by atoms with Gasteiger partial charge in [0.15, 0.2) is 17.3 Å². The summed E-state index contributed by atoms with van der Waals surface area (Å²) in [7, 11) is 3.13. The predicted octanol–water partition coefficient (Wildman–Crippen LogP) is 3.60. The van der Waals surface area contributed by atoms with E-state index in [1.165, 1.54) is 11.3 Å². The maximum atomic E-state index is 12.5. The summed E-state index contributed by atoms with van der Waals surface area (Å²) in [6.07, 6.45) is 1.89. The summed E-state index contributed by atoms with van der Waals surface area (Å²) in [5.74, 6) is -0.156. The van der Waals surface area contributed by atoms with Crippen LogP contribution in [0.2, 0.25) is 0 Å². The van der Waals surface area contributed by atoms with E-state index in [1.807, 2.05) is 12.1 Å². The lowest BCUT2D eigenvalue weighted by Crippen LogP contribution is -2.19. The normalized spacial score (nSPS) is 15.4. The van der Waals surface area contributed by atoms with E-state index in [0.29, 0.717) is 16.4 Å². The number of Topliss-reactive ketones (excluding diaryl/α,β-unsaturated/α-hetero) is 1. The molecule has 23 heavy (non-hydrogen) atoms. The summed E-state index contributed by atoms with van der Waals surface area (Å²) in [5, 5.41) is 10.2. The van der Waals surface area contributed by atoms with Crippen molar-refractivity contribution in [1.29, 1.82) is 0 Å². The number of hydrogen-bond acceptors (Lipinski definition) is 5. The molecule has 5 nitrogen and oxygen atoms in total. The van der Waals surface area contributed by atoms with Crippen molar-refractivity contribution in [3.63, 3.8) is 0 Å². The van der Waals surface area contributed by atoms with Gasteiger partial charge in [0.25, 0.3) is 0 Å². The van der Waals surface area contributed by atoms with E-state index < -0.39 is 11.9 Å². The van der Waals surface area contributed by atoms with Crippen molar-refractivity contribution in [3.8, 4) is 11.5 Å². The second-order valence-corrected chi connectivity index (χ2v) is 6.85. The first-order valence-corrected chi connectivity index (χ1v) is 8.26. The molecule has 0 saturated heterocycles. The number of carbonyl (C=O) groups is 2. The Morgan fingerprint density at radius 2 is 1.87 bits per heavy atom. The maximum absolute atomic E-state index is 12.5. The van der Waals surface area contributed by atoms with Gasteiger partial charge in [-0.05, 0) is 36.3 Å². The lowest BCUT2D eigenvalue weighted by Gasteiger charge is -2.08. The molecule has 0 radical (unpaired) electrons. The number of carbonyl (C=O) groups excluding carboxylic acids is 1. The minimum Gasteiger partial charge on any atom is -0.493 e. The van der Waals surface area contributed by atoms with Gasteiger partial charge in [-0.15, -0.1) is 11.3 Å². The molecule has 1 unspecified atom stereocenters. The molecule has 1 atom stereocenters. The Balaban J connectivity index is 1.87. The van der Waals surface area contributed by atoms with Crippen LogP contribution in [0.3, 0.4) is 0 Å². The van der Waals surface area contributed by atoms with E-state index in [-0.39, 0.29) is 18.1 Å². The molecule has 6 heteroatoms. The van der Waals surface area contributed by atoms with Crippen LogP contribution in [0.15, 0.2) is 18.2 Å². The highest BCUT2D eigenvalue weighted by Gasteiger charge is 2.37. The molecule has 1 aliphatic rings. The first-order chi connectivity index (χ1) is 11.0. The SMILES string of the molecule is COc1cc2cc(C(=O)CC(C(=O)O)C3CC3)sc2cc1OC. The summed E-state index contributed by atoms with van der Waals surface area (Å²) in [6.45, 7) is 0. The molecule has 0 spiro atoms. The number of carboxylic acids is 1. The Labute approximate surface area is 137 Å². The van der Waals surface area contributed by atoms with E-state index >= 15 is 0 Å². The van der Waals surface area contributed by atoms with Crippen LogP contribution in [0.1, 0.15) is 28.9 Å². The van der Waals surface area contributed by atoms with E-state index in [4.69, 9.17) is 9.47 Å². The lowest BCUT2D eigenvalue weighted by molar-refractivity contribution is -0.142. The molecule has 1 heterocycles. The fourth-order valence-corrected chi connectivity index (χ4v) is 3.78. The van der Waals surface area contributed by atoms with Gasteiger partial charge in [-0.2, -0.15) is 0 Å². The van der Waals surface area contributed by atoms with E-state index in [1.54, 1.807) is 20.3 Å². The second kappa shape index (κ2) is 6.20. The largest absolute Gasteiger partial charge is 0.493 e. The molecular formula is C17H18O5S. The zero-order valence-corrected chi connectivity index (χ0v) is 13.8. The summed E-state index contributed by atoms with van der Waals surface area (Å²) >= 11 is 1.36. The van der Waals surface area contributed by atoms with Gasteiger partial charge in [-0.3, -0.25) is 9.59 Å². The third-order valence-electron chi connectivity index (χ3n) is 4.21. The molecule has 1 N–H and O–H groups in total. The number of fused-ring (bicyclic) bond motifs is 1. The number of aliphatic carboxylic acids is 1. The predicted molar refractivity (Wildman–Crippen MR) is 87.7 cm³/mol. The van der Waals surface area contributed by atoms with Gasteiger partial charge in [0, 0.05) is 17.2 Å². The molecule has 1 saturated carbocycles. The van der Waals surface area contributed by atoms with Crippen molar-refractivity contribution in [2.24, 2.45) is 11.8 Å². The highest BCUT2D eigenvalue weighted by atomic mass is 32.1. The van der Waals surface area contributed by atoms with Crippen molar-refractivity contribution in [3.05, 3.63) is 23.1 Å². The highest BCUT2D eigenvalue weighted by Crippen LogP contribution is 2.40. The van der Waals surface area contributed by atoms with Crippen molar-refractivity contribution in [2.75, 3.05) is 14.2 Å². The number of ketones is 1. The van der Waals surface area contributed by atoms with E-state index in [9.17, 15) is 14.7 Å². The second-order valence-electron chi connectivity index (χ2n) is 5.77. The minimum absolute atomic E-state index is 0.0705. The molecule has 122 valence electrons. The highest BCUT2D eigenvalue weighted by molar-refractivity contribution is 7.20. The van der Waals surface area contributed by atoms with Gasteiger partial charge in [0.2, 0.25) is 0 Å². The van der Waals surface area contributed by atoms with Crippen LogP contribution in [0, 0.1) is 11.8 Å². The summed E-state index contributed by atoms with van der Waals surface area (Å²) in [5.41, 5.74) is 0. The van der Waals surface area contributed by atoms with E-state index in [2.05, 4.69) is 0 Å². The molecule has 0 amide bonds. The molecule has 1 aromatic carbocycles. The van der Waals surface area contributed by atoms with Crippen LogP contribution in [0.5, 0.6) is 11.5 Å². The van der Waals surface area contributed by atoms with Crippen LogP contribution in [-0.2, 0) is 4.79 Å². The van der Waals surface area contributed by atoms with Crippen LogP contribution >= 0.6 is 11.3 Å². The number of carboxylic acid groups (broad SMARTS) is 1. The molecule has 1 fully saturated rings. The van der Waals surface area contributed by atoms with Crippen LogP contribution in [-0.4, -0.2) is 31.1 Å². The molecule has 1 aromatic heterocycles. The van der Waals surface area contributed by atoms with Crippen LogP contribution < -0.4 is 9.47 Å². The zero-order valence-electron chi connectivity index (χ0n) is 13.0. The van der Waals surface area contributed by atoms with Gasteiger partial charge in [-0.1, -0.05) is 0 Å². The quantitative estimate of drug-likeness (QED) is 0.783. The number of rotatable bonds is 7. The zero-order chi connectivity index (χ0) is 16.6. The average Bonchev–Trinajstić information content (AvgIpc) is 3.28. The third-order valence-corrected chi connectivity index (χ3v) is 5.35. The molecule has 3 rings (SSSR count). The third kappa shape index (κ3) is 3.17. The maximum Gasteiger partial charge on any atom is 0.307 e. The van der Waals surface area contributed by atoms with Crippen molar-refractivity contribution in [2.45, 2.75) is 19.3 Å². The first-order valence-electron chi connectivity index (χ1n) is 7.45. The fraction of sp³-hybridized carbons (Fsp3) is 0.412. The number of hydrogen-bond donors (Lipinski definition) is 1. The Bertz CT molecular complexity index is 719. The Morgan fingerprint density at radius 1 is 1.22 bits per heavy atom. The molecule has 1 aliphatic carbocycles. The van der Waals surface area contributed by atoms with Gasteiger partial charge in [-0.25, -0.2) is 0 Å². The molecule has 2 aromatic rings. The molecule has 0 bridgehead atoms. The summed E-state index contributed by atoms with van der Waals surface area (Å²) in [6, 6.07) is 5.47. The molecule has 0 aliphatic heterocycles. The van der Waals surface area contributed by atoms with E-state index in [0.717, 1.165) is 22.9 Å². The smallest absolute Gasteiger partial charge is 0.307 e. The first kappa shape index (κ1) is 15.8. The Morgan fingerprint density at radius 3 is 2.43 bits per heavy atom. The minimum atomic E-state index is -0.870. The van der Waals surface area contributed by atoms with Crippen molar-refractivity contribution in [1.82, 2.24) is 0 Å². The Hall–Kier alpha value is -2.08. The standard InChI is InChI=1S/C17H18O5S/c1-21-13-5-10-6-16(23-15(10)8-14(13)22-2)12(18)7-11(17(19)20)9-3-4-9/h5-6,8-9,11H,3-4,7H2,1-2H3,(H,19,20). The Kier molecular flexibility index (Phi) is 4.26. The van der Waals surface area contributed by atoms with Gasteiger partial charge >= 0.3 is 5.97 Å².